The van der Waals surface area contributed by atoms with Gasteiger partial charge in [0.1, 0.15) is 0 Å². The van der Waals surface area contributed by atoms with Gasteiger partial charge in [0.2, 0.25) is 0 Å². The molecule has 0 radical (unpaired) electrons. The molecule has 2 fully saturated rings. The van der Waals surface area contributed by atoms with Crippen LogP contribution >= 0.6 is 0 Å². The fraction of sp³-hybridized carbons (Fsp3) is 1.00. The maximum Gasteiger partial charge on any atom is 0.0685 e. The molecule has 2 nitrogen and oxygen atoms in total. The average Bonchev–Trinajstić information content (AvgIpc) is 2.44. The fourth-order valence-corrected chi connectivity index (χ4v) is 4.23. The summed E-state index contributed by atoms with van der Waals surface area (Å²) in [7, 11) is 2.16. The fourth-order valence-electron chi connectivity index (χ4n) is 4.23. The number of hydrogen-bond acceptors (Lipinski definition) is 2. The Labute approximate surface area is 132 Å². The quantitative estimate of drug-likeness (QED) is 0.806. The van der Waals surface area contributed by atoms with E-state index in [1.54, 1.807) is 0 Å². The van der Waals surface area contributed by atoms with E-state index in [9.17, 15) is 0 Å². The van der Waals surface area contributed by atoms with E-state index in [1.165, 1.54) is 51.4 Å². The first-order valence-electron chi connectivity index (χ1n) is 9.17. The maximum atomic E-state index is 6.28. The van der Waals surface area contributed by atoms with E-state index >= 15 is 0 Å². The van der Waals surface area contributed by atoms with E-state index in [2.05, 4.69) is 40.1 Å². The Balaban J connectivity index is 1.97. The predicted octanol–water partition coefficient (Wildman–Crippen LogP) is 4.78. The summed E-state index contributed by atoms with van der Waals surface area (Å²) < 4.78 is 6.28. The van der Waals surface area contributed by atoms with Crippen molar-refractivity contribution in [2.45, 2.75) is 90.7 Å². The zero-order valence-corrected chi connectivity index (χ0v) is 15.0. The van der Waals surface area contributed by atoms with E-state index in [4.69, 9.17) is 4.74 Å². The lowest BCUT2D eigenvalue weighted by Gasteiger charge is -2.46. The lowest BCUT2D eigenvalue weighted by Crippen LogP contribution is -2.48. The van der Waals surface area contributed by atoms with Gasteiger partial charge in [0.25, 0.3) is 0 Å². The molecule has 0 aromatic carbocycles. The monoisotopic (exact) mass is 295 g/mol. The molecule has 2 heteroatoms. The van der Waals surface area contributed by atoms with Crippen LogP contribution in [0.2, 0.25) is 0 Å². The molecule has 124 valence electrons. The summed E-state index contributed by atoms with van der Waals surface area (Å²) in [6, 6.07) is 0.655. The second-order valence-electron chi connectivity index (χ2n) is 8.74. The Morgan fingerprint density at radius 3 is 2.43 bits per heavy atom. The van der Waals surface area contributed by atoms with E-state index in [0.717, 1.165) is 18.4 Å². The van der Waals surface area contributed by atoms with Gasteiger partial charge in [0.05, 0.1) is 5.60 Å². The summed E-state index contributed by atoms with van der Waals surface area (Å²) in [5.41, 5.74) is 0.643. The van der Waals surface area contributed by atoms with Crippen LogP contribution in [0.5, 0.6) is 0 Å². The van der Waals surface area contributed by atoms with Crippen LogP contribution in [0, 0.1) is 17.3 Å². The van der Waals surface area contributed by atoms with Crippen molar-refractivity contribution < 1.29 is 4.74 Å². The molecule has 1 spiro atoms. The minimum atomic E-state index is 0.237. The van der Waals surface area contributed by atoms with Crippen LogP contribution < -0.4 is 5.32 Å². The third-order valence-electron chi connectivity index (χ3n) is 6.32. The standard InChI is InChI=1S/C19H37NO/c1-15(18(2,3)4)13-17(20-5)16-9-12-21-19(14-16)10-7-6-8-11-19/h15-17,20H,6-14H2,1-5H3. The highest BCUT2D eigenvalue weighted by molar-refractivity contribution is 4.93. The molecular weight excluding hydrogens is 258 g/mol. The smallest absolute Gasteiger partial charge is 0.0685 e. The molecule has 0 bridgehead atoms. The molecule has 0 aromatic rings. The summed E-state index contributed by atoms with van der Waals surface area (Å²) in [6.07, 6.45) is 10.6. The van der Waals surface area contributed by atoms with Gasteiger partial charge >= 0.3 is 0 Å². The van der Waals surface area contributed by atoms with Crippen molar-refractivity contribution >= 4 is 0 Å². The number of ether oxygens (including phenoxy) is 1. The molecule has 3 unspecified atom stereocenters. The molecule has 21 heavy (non-hydrogen) atoms. The number of hydrogen-bond donors (Lipinski definition) is 1. The van der Waals surface area contributed by atoms with Crippen LogP contribution in [0.3, 0.4) is 0 Å². The van der Waals surface area contributed by atoms with Crippen LogP contribution in [0.4, 0.5) is 0 Å². The van der Waals surface area contributed by atoms with Crippen molar-refractivity contribution in [2.24, 2.45) is 17.3 Å². The Morgan fingerprint density at radius 2 is 1.86 bits per heavy atom. The van der Waals surface area contributed by atoms with E-state index in [-0.39, 0.29) is 5.60 Å². The molecule has 1 N–H and O–H groups in total. The molecule has 1 aliphatic heterocycles. The molecule has 2 aliphatic rings. The Morgan fingerprint density at radius 1 is 1.19 bits per heavy atom. The van der Waals surface area contributed by atoms with Gasteiger partial charge in [-0.05, 0) is 56.4 Å². The largest absolute Gasteiger partial charge is 0.375 e. The Kier molecular flexibility index (Phi) is 5.76. The van der Waals surface area contributed by atoms with Gasteiger partial charge in [-0.25, -0.2) is 0 Å². The second kappa shape index (κ2) is 7.00. The zero-order chi connectivity index (χ0) is 15.5. The van der Waals surface area contributed by atoms with Crippen molar-refractivity contribution in [3.63, 3.8) is 0 Å². The van der Waals surface area contributed by atoms with Crippen molar-refractivity contribution in [1.29, 1.82) is 0 Å². The van der Waals surface area contributed by atoms with E-state index in [1.807, 2.05) is 0 Å². The molecular formula is C19H37NO. The van der Waals surface area contributed by atoms with E-state index in [0.29, 0.717) is 11.5 Å². The van der Waals surface area contributed by atoms with Crippen LogP contribution in [0.15, 0.2) is 0 Å². The van der Waals surface area contributed by atoms with Crippen LogP contribution in [0.25, 0.3) is 0 Å². The molecule has 0 amide bonds. The van der Waals surface area contributed by atoms with Crippen molar-refractivity contribution in [2.75, 3.05) is 13.7 Å². The predicted molar refractivity (Wildman–Crippen MR) is 90.6 cm³/mol. The first-order chi connectivity index (χ1) is 9.86. The van der Waals surface area contributed by atoms with Gasteiger partial charge in [-0.1, -0.05) is 47.0 Å². The second-order valence-corrected chi connectivity index (χ2v) is 8.74. The first-order valence-corrected chi connectivity index (χ1v) is 9.17. The van der Waals surface area contributed by atoms with Gasteiger partial charge in [-0.15, -0.1) is 0 Å². The minimum Gasteiger partial charge on any atom is -0.375 e. The topological polar surface area (TPSA) is 21.3 Å². The van der Waals surface area contributed by atoms with Crippen molar-refractivity contribution in [1.82, 2.24) is 5.32 Å². The molecule has 0 aromatic heterocycles. The highest BCUT2D eigenvalue weighted by Gasteiger charge is 2.41. The molecule has 3 atom stereocenters. The molecule has 1 saturated carbocycles. The summed E-state index contributed by atoms with van der Waals surface area (Å²) >= 11 is 0. The maximum absolute atomic E-state index is 6.28. The lowest BCUT2D eigenvalue weighted by molar-refractivity contribution is -0.122. The van der Waals surface area contributed by atoms with E-state index < -0.39 is 0 Å². The van der Waals surface area contributed by atoms with Gasteiger partial charge in [0.15, 0.2) is 0 Å². The first kappa shape index (κ1) is 17.3. The summed E-state index contributed by atoms with van der Waals surface area (Å²) in [5, 5.41) is 3.64. The molecule has 1 heterocycles. The highest BCUT2D eigenvalue weighted by Crippen LogP contribution is 2.43. The van der Waals surface area contributed by atoms with Gasteiger partial charge in [0, 0.05) is 12.6 Å². The highest BCUT2D eigenvalue weighted by atomic mass is 16.5. The summed E-state index contributed by atoms with van der Waals surface area (Å²) in [4.78, 5) is 0. The van der Waals surface area contributed by atoms with Crippen LogP contribution in [-0.4, -0.2) is 25.3 Å². The molecule has 1 saturated heterocycles. The Bertz CT molecular complexity index is 309. The van der Waals surface area contributed by atoms with Gasteiger partial charge < -0.3 is 10.1 Å². The molecule has 2 rings (SSSR count). The normalized spacial score (nSPS) is 29.3. The number of nitrogens with one attached hydrogen (secondary N) is 1. The molecule has 1 aliphatic carbocycles. The van der Waals surface area contributed by atoms with Crippen molar-refractivity contribution in [3.05, 3.63) is 0 Å². The third-order valence-corrected chi connectivity index (χ3v) is 6.32. The Hall–Kier alpha value is -0.0800. The average molecular weight is 296 g/mol. The van der Waals surface area contributed by atoms with Crippen molar-refractivity contribution in [3.8, 4) is 0 Å². The minimum absolute atomic E-state index is 0.237. The SMILES string of the molecule is CNC(CC(C)C(C)(C)C)C1CCOC2(CCCCC2)C1. The lowest BCUT2D eigenvalue weighted by atomic mass is 9.71. The van der Waals surface area contributed by atoms with Gasteiger partial charge in [-0.3, -0.25) is 0 Å². The zero-order valence-electron chi connectivity index (χ0n) is 15.0. The van der Waals surface area contributed by atoms with Gasteiger partial charge in [-0.2, -0.15) is 0 Å². The number of rotatable bonds is 4. The van der Waals surface area contributed by atoms with Crippen LogP contribution in [-0.2, 0) is 4.74 Å². The van der Waals surface area contributed by atoms with Crippen LogP contribution in [0.1, 0.15) is 79.1 Å². The summed E-state index contributed by atoms with van der Waals surface area (Å²) in [5.74, 6) is 1.55. The summed E-state index contributed by atoms with van der Waals surface area (Å²) in [6.45, 7) is 10.5. The third kappa shape index (κ3) is 4.45.